The molecule has 2 aromatic carbocycles. The molecule has 0 aromatic heterocycles. The molecule has 5 heteroatoms. The molecule has 1 saturated heterocycles. The van der Waals surface area contributed by atoms with Crippen LogP contribution in [0.4, 0.5) is 0 Å². The molecular weight excluding hydrogens is 308 g/mol. The molecule has 5 nitrogen and oxygen atoms in total. The lowest BCUT2D eigenvalue weighted by Crippen LogP contribution is -2.60. The van der Waals surface area contributed by atoms with Crippen LogP contribution in [0.2, 0.25) is 0 Å². The molecule has 1 aliphatic rings. The lowest BCUT2D eigenvalue weighted by molar-refractivity contribution is -0.350. The van der Waals surface area contributed by atoms with Crippen LogP contribution in [0.1, 0.15) is 24.0 Å². The van der Waals surface area contributed by atoms with E-state index in [-0.39, 0.29) is 19.4 Å². The predicted octanol–water partition coefficient (Wildman–Crippen LogP) is 0.227. The van der Waals surface area contributed by atoms with Gasteiger partial charge in [-0.25, -0.2) is 0 Å². The van der Waals surface area contributed by atoms with Crippen LogP contribution in [0.15, 0.2) is 60.7 Å². The third kappa shape index (κ3) is 2.47. The number of carbonyl (C=O) groups is 2. The normalized spacial score (nSPS) is 18.7. The highest BCUT2D eigenvalue weighted by Crippen LogP contribution is 2.48. The van der Waals surface area contributed by atoms with Gasteiger partial charge < -0.3 is 24.5 Å². The summed E-state index contributed by atoms with van der Waals surface area (Å²) in [5, 5.41) is 23.4. The van der Waals surface area contributed by atoms with E-state index < -0.39 is 23.0 Å². The smallest absolute Gasteiger partial charge is 0.119 e. The van der Waals surface area contributed by atoms with Gasteiger partial charge in [0.25, 0.3) is 0 Å². The molecule has 24 heavy (non-hydrogen) atoms. The SMILES string of the molecule is O=C([O-])C1(C(=O)[O-])CCOC(c2ccccc2)(c2ccccc2)C1. The first-order valence-electron chi connectivity index (χ1n) is 7.69. The van der Waals surface area contributed by atoms with Crippen LogP contribution in [0.3, 0.4) is 0 Å². The van der Waals surface area contributed by atoms with Gasteiger partial charge in [0.1, 0.15) is 5.60 Å². The van der Waals surface area contributed by atoms with Crippen LogP contribution >= 0.6 is 0 Å². The Morgan fingerprint density at radius 1 is 0.833 bits per heavy atom. The Bertz CT molecular complexity index is 685. The Kier molecular flexibility index (Phi) is 4.11. The summed E-state index contributed by atoms with van der Waals surface area (Å²) in [5.74, 6) is -3.27. The zero-order valence-corrected chi connectivity index (χ0v) is 12.9. The minimum Gasteiger partial charge on any atom is -0.549 e. The fourth-order valence-electron chi connectivity index (χ4n) is 3.35. The van der Waals surface area contributed by atoms with Crippen molar-refractivity contribution in [3.05, 3.63) is 71.8 Å². The maximum atomic E-state index is 11.7. The summed E-state index contributed by atoms with van der Waals surface area (Å²) in [6, 6.07) is 18.1. The van der Waals surface area contributed by atoms with E-state index in [2.05, 4.69) is 0 Å². The fraction of sp³-hybridized carbons (Fsp3) is 0.263. The molecule has 0 bridgehead atoms. The number of carbonyl (C=O) groups excluding carboxylic acids is 2. The number of aliphatic carboxylic acids is 2. The van der Waals surface area contributed by atoms with E-state index >= 15 is 0 Å². The van der Waals surface area contributed by atoms with E-state index in [1.807, 2.05) is 12.1 Å². The van der Waals surface area contributed by atoms with Crippen molar-refractivity contribution in [2.45, 2.75) is 18.4 Å². The average Bonchev–Trinajstić information content (AvgIpc) is 2.63. The first-order chi connectivity index (χ1) is 11.5. The summed E-state index contributed by atoms with van der Waals surface area (Å²) in [5.41, 5.74) is -1.88. The highest BCUT2D eigenvalue weighted by Gasteiger charge is 2.49. The molecule has 1 fully saturated rings. The lowest BCUT2D eigenvalue weighted by Gasteiger charge is -2.49. The maximum absolute atomic E-state index is 11.7. The molecule has 0 aliphatic carbocycles. The van der Waals surface area contributed by atoms with Crippen LogP contribution in [-0.4, -0.2) is 18.5 Å². The molecular formula is C19H16O5-2. The average molecular weight is 324 g/mol. The van der Waals surface area contributed by atoms with Gasteiger partial charge in [0, 0.05) is 13.0 Å². The second-order valence-corrected chi connectivity index (χ2v) is 5.99. The van der Waals surface area contributed by atoms with Crippen LogP contribution in [-0.2, 0) is 19.9 Å². The van der Waals surface area contributed by atoms with Crippen molar-refractivity contribution in [1.82, 2.24) is 0 Å². The van der Waals surface area contributed by atoms with Crippen molar-refractivity contribution >= 4 is 11.9 Å². The van der Waals surface area contributed by atoms with Crippen molar-refractivity contribution < 1.29 is 24.5 Å². The largest absolute Gasteiger partial charge is 0.549 e. The van der Waals surface area contributed by atoms with Gasteiger partial charge in [-0.2, -0.15) is 0 Å². The van der Waals surface area contributed by atoms with E-state index in [1.165, 1.54) is 0 Å². The first kappa shape index (κ1) is 16.2. The van der Waals surface area contributed by atoms with Gasteiger partial charge in [0.2, 0.25) is 0 Å². The van der Waals surface area contributed by atoms with E-state index in [0.29, 0.717) is 11.1 Å². The van der Waals surface area contributed by atoms with Gasteiger partial charge in [-0.05, 0) is 17.5 Å². The zero-order chi connectivity index (χ0) is 17.2. The molecule has 0 saturated carbocycles. The number of carboxylic acid groups (broad SMARTS) is 2. The second-order valence-electron chi connectivity index (χ2n) is 5.99. The Morgan fingerprint density at radius 3 is 1.71 bits per heavy atom. The molecule has 0 spiro atoms. The van der Waals surface area contributed by atoms with Gasteiger partial charge in [0.05, 0.1) is 17.4 Å². The van der Waals surface area contributed by atoms with Crippen molar-refractivity contribution in [3.8, 4) is 0 Å². The third-order valence-electron chi connectivity index (χ3n) is 4.69. The van der Waals surface area contributed by atoms with Gasteiger partial charge >= 0.3 is 0 Å². The van der Waals surface area contributed by atoms with E-state index in [1.54, 1.807) is 48.5 Å². The minimum atomic E-state index is -2.09. The molecule has 1 heterocycles. The molecule has 2 aromatic rings. The second kappa shape index (κ2) is 6.09. The van der Waals surface area contributed by atoms with Gasteiger partial charge in [-0.15, -0.1) is 0 Å². The standard InChI is InChI=1S/C19H18O5/c20-16(21)18(17(22)23)11-12-24-19(13-18,14-7-3-1-4-8-14)15-9-5-2-6-10-15/h1-10H,11-13H2,(H,20,21)(H,22,23)/p-2. The molecule has 1 aliphatic heterocycles. The summed E-state index contributed by atoms with van der Waals surface area (Å²) >= 11 is 0. The summed E-state index contributed by atoms with van der Waals surface area (Å²) in [7, 11) is 0. The van der Waals surface area contributed by atoms with Crippen molar-refractivity contribution in [1.29, 1.82) is 0 Å². The number of hydrogen-bond donors (Lipinski definition) is 0. The topological polar surface area (TPSA) is 89.5 Å². The number of rotatable bonds is 4. The highest BCUT2D eigenvalue weighted by molar-refractivity contribution is 5.96. The van der Waals surface area contributed by atoms with Crippen LogP contribution in [0.5, 0.6) is 0 Å². The first-order valence-corrected chi connectivity index (χ1v) is 7.69. The third-order valence-corrected chi connectivity index (χ3v) is 4.69. The molecule has 3 rings (SSSR count). The van der Waals surface area contributed by atoms with Crippen LogP contribution < -0.4 is 10.2 Å². The molecule has 0 radical (unpaired) electrons. The minimum absolute atomic E-state index is 0.0221. The molecule has 0 N–H and O–H groups in total. The van der Waals surface area contributed by atoms with Crippen LogP contribution in [0, 0.1) is 5.41 Å². The Morgan fingerprint density at radius 2 is 1.29 bits per heavy atom. The highest BCUT2D eigenvalue weighted by atomic mass is 16.5. The molecule has 0 atom stereocenters. The molecule has 0 unspecified atom stereocenters. The van der Waals surface area contributed by atoms with E-state index in [4.69, 9.17) is 4.74 Å². The summed E-state index contributed by atoms with van der Waals surface area (Å²) < 4.78 is 6.01. The molecule has 124 valence electrons. The van der Waals surface area contributed by atoms with Crippen molar-refractivity contribution in [2.75, 3.05) is 6.61 Å². The summed E-state index contributed by atoms with van der Waals surface area (Å²) in [6.07, 6.45) is -0.461. The van der Waals surface area contributed by atoms with E-state index in [0.717, 1.165) is 0 Å². The molecule has 0 amide bonds. The Labute approximate surface area is 139 Å². The van der Waals surface area contributed by atoms with Crippen molar-refractivity contribution in [2.24, 2.45) is 5.41 Å². The number of benzene rings is 2. The monoisotopic (exact) mass is 324 g/mol. The van der Waals surface area contributed by atoms with E-state index in [9.17, 15) is 19.8 Å². The van der Waals surface area contributed by atoms with Crippen LogP contribution in [0.25, 0.3) is 0 Å². The lowest BCUT2D eigenvalue weighted by atomic mass is 9.68. The summed E-state index contributed by atoms with van der Waals surface area (Å²) in [6.45, 7) is -0.0221. The Hall–Kier alpha value is -2.66. The number of carboxylic acids is 2. The number of ether oxygens (including phenoxy) is 1. The number of hydrogen-bond acceptors (Lipinski definition) is 5. The fourth-order valence-corrected chi connectivity index (χ4v) is 3.35. The van der Waals surface area contributed by atoms with Gasteiger partial charge in [-0.3, -0.25) is 0 Å². The predicted molar refractivity (Wildman–Crippen MR) is 81.3 cm³/mol. The zero-order valence-electron chi connectivity index (χ0n) is 12.9. The maximum Gasteiger partial charge on any atom is 0.119 e. The van der Waals surface area contributed by atoms with Gasteiger partial charge in [0.15, 0.2) is 0 Å². The Balaban J connectivity index is 2.20. The van der Waals surface area contributed by atoms with Crippen molar-refractivity contribution in [3.63, 3.8) is 0 Å². The quantitative estimate of drug-likeness (QED) is 0.751. The van der Waals surface area contributed by atoms with Gasteiger partial charge in [-0.1, -0.05) is 60.7 Å². The summed E-state index contributed by atoms with van der Waals surface area (Å²) in [4.78, 5) is 23.4.